The van der Waals surface area contributed by atoms with Gasteiger partial charge in [0, 0.05) is 21.8 Å². The Hall–Kier alpha value is -3.97. The number of ether oxygens (including phenoxy) is 3. The van der Waals surface area contributed by atoms with Crippen molar-refractivity contribution in [1.82, 2.24) is 4.57 Å². The average Bonchev–Trinajstić information content (AvgIpc) is 3.12. The SMILES string of the molecule is CCOC(=O)Cc1c(C(=O)O)c2cc(Oc3cccc(Cl)c3)ccc2n1-c1ccc(OC(C)C)cc1. The molecule has 8 heteroatoms. The average molecular weight is 508 g/mol. The first kappa shape index (κ1) is 25.1. The summed E-state index contributed by atoms with van der Waals surface area (Å²) in [6.45, 7) is 5.78. The van der Waals surface area contributed by atoms with Crippen LogP contribution in [0.2, 0.25) is 5.02 Å². The number of benzene rings is 3. The summed E-state index contributed by atoms with van der Waals surface area (Å²) in [6.07, 6.45) is -0.196. The molecule has 0 saturated carbocycles. The Labute approximate surface area is 213 Å². The number of halogens is 1. The lowest BCUT2D eigenvalue weighted by Gasteiger charge is -2.14. The van der Waals surface area contributed by atoms with E-state index in [4.69, 9.17) is 25.8 Å². The van der Waals surface area contributed by atoms with Crippen molar-refractivity contribution in [3.63, 3.8) is 0 Å². The third-order valence-corrected chi connectivity index (χ3v) is 5.60. The molecule has 1 heterocycles. The highest BCUT2D eigenvalue weighted by Crippen LogP contribution is 2.35. The van der Waals surface area contributed by atoms with Gasteiger partial charge < -0.3 is 23.9 Å². The van der Waals surface area contributed by atoms with E-state index in [9.17, 15) is 14.7 Å². The van der Waals surface area contributed by atoms with Gasteiger partial charge in [0.25, 0.3) is 0 Å². The Morgan fingerprint density at radius 2 is 1.67 bits per heavy atom. The lowest BCUT2D eigenvalue weighted by Crippen LogP contribution is -2.14. The molecular formula is C28H26ClNO6. The molecular weight excluding hydrogens is 482 g/mol. The molecule has 0 amide bonds. The van der Waals surface area contributed by atoms with E-state index in [1.54, 1.807) is 54.0 Å². The number of nitrogens with zero attached hydrogens (tertiary/aromatic N) is 1. The standard InChI is InChI=1S/C28H26ClNO6/c1-4-34-26(31)16-25-27(28(32)33)23-15-22(36-21-7-5-6-18(29)14-21)12-13-24(23)30(25)19-8-10-20(11-9-19)35-17(2)3/h5-15,17H,4,16H2,1-3H3,(H,32,33). The minimum absolute atomic E-state index is 0.0112. The van der Waals surface area contributed by atoms with Crippen LogP contribution in [0.4, 0.5) is 0 Å². The Balaban J connectivity index is 1.88. The van der Waals surface area contributed by atoms with Gasteiger partial charge in [-0.05, 0) is 81.4 Å². The molecule has 0 bridgehead atoms. The maximum Gasteiger partial charge on any atom is 0.338 e. The van der Waals surface area contributed by atoms with Crippen LogP contribution in [-0.2, 0) is 16.0 Å². The molecule has 4 aromatic rings. The number of carbonyl (C=O) groups is 2. The number of esters is 1. The summed E-state index contributed by atoms with van der Waals surface area (Å²) in [5, 5.41) is 11.1. The summed E-state index contributed by atoms with van der Waals surface area (Å²) in [4.78, 5) is 24.9. The molecule has 0 unspecified atom stereocenters. The maximum absolute atomic E-state index is 12.5. The Morgan fingerprint density at radius 1 is 0.972 bits per heavy atom. The summed E-state index contributed by atoms with van der Waals surface area (Å²) in [7, 11) is 0. The number of aromatic carboxylic acids is 1. The summed E-state index contributed by atoms with van der Waals surface area (Å²) in [5.74, 6) is -0.0248. The molecule has 0 fully saturated rings. The molecule has 0 aliphatic carbocycles. The van der Waals surface area contributed by atoms with E-state index < -0.39 is 11.9 Å². The number of carboxylic acids is 1. The van der Waals surface area contributed by atoms with Crippen LogP contribution in [0.3, 0.4) is 0 Å². The summed E-state index contributed by atoms with van der Waals surface area (Å²) in [6, 6.07) is 19.4. The van der Waals surface area contributed by atoms with Crippen molar-refractivity contribution >= 4 is 34.4 Å². The van der Waals surface area contributed by atoms with Crippen LogP contribution in [0.25, 0.3) is 16.6 Å². The molecule has 0 aliphatic rings. The Bertz CT molecular complexity index is 1410. The number of carbonyl (C=O) groups excluding carboxylic acids is 1. The molecule has 3 aromatic carbocycles. The molecule has 36 heavy (non-hydrogen) atoms. The molecule has 4 rings (SSSR count). The van der Waals surface area contributed by atoms with Gasteiger partial charge >= 0.3 is 11.9 Å². The van der Waals surface area contributed by atoms with Gasteiger partial charge in [-0.2, -0.15) is 0 Å². The van der Waals surface area contributed by atoms with Gasteiger partial charge in [0.15, 0.2) is 0 Å². The first-order valence-corrected chi connectivity index (χ1v) is 11.9. The number of aromatic nitrogens is 1. The fourth-order valence-electron chi connectivity index (χ4n) is 4.05. The van der Waals surface area contributed by atoms with Crippen LogP contribution in [0.1, 0.15) is 36.8 Å². The maximum atomic E-state index is 12.5. The normalized spacial score (nSPS) is 11.0. The van der Waals surface area contributed by atoms with Crippen molar-refractivity contribution in [1.29, 1.82) is 0 Å². The van der Waals surface area contributed by atoms with Gasteiger partial charge in [0.2, 0.25) is 0 Å². The highest BCUT2D eigenvalue weighted by atomic mass is 35.5. The molecule has 0 atom stereocenters. The monoisotopic (exact) mass is 507 g/mol. The van der Waals surface area contributed by atoms with Crippen LogP contribution in [0.15, 0.2) is 66.7 Å². The second-order valence-corrected chi connectivity index (χ2v) is 8.78. The van der Waals surface area contributed by atoms with E-state index >= 15 is 0 Å². The van der Waals surface area contributed by atoms with Crippen LogP contribution in [-0.4, -0.2) is 34.3 Å². The molecule has 186 valence electrons. The zero-order chi connectivity index (χ0) is 25.8. The van der Waals surface area contributed by atoms with E-state index in [0.717, 1.165) is 0 Å². The van der Waals surface area contributed by atoms with Crippen LogP contribution in [0.5, 0.6) is 17.2 Å². The van der Waals surface area contributed by atoms with Gasteiger partial charge in [0.05, 0.1) is 30.2 Å². The molecule has 7 nitrogen and oxygen atoms in total. The first-order chi connectivity index (χ1) is 17.3. The van der Waals surface area contributed by atoms with E-state index in [1.165, 1.54) is 0 Å². The molecule has 0 saturated heterocycles. The predicted molar refractivity (Wildman–Crippen MR) is 138 cm³/mol. The molecule has 1 aromatic heterocycles. The van der Waals surface area contributed by atoms with E-state index in [1.807, 2.05) is 38.1 Å². The van der Waals surface area contributed by atoms with Crippen molar-refractivity contribution < 1.29 is 28.9 Å². The van der Waals surface area contributed by atoms with Gasteiger partial charge in [-0.1, -0.05) is 17.7 Å². The second kappa shape index (κ2) is 10.7. The van der Waals surface area contributed by atoms with E-state index in [0.29, 0.717) is 44.6 Å². The number of hydrogen-bond acceptors (Lipinski definition) is 5. The van der Waals surface area contributed by atoms with E-state index in [2.05, 4.69) is 0 Å². The Morgan fingerprint density at radius 3 is 2.31 bits per heavy atom. The van der Waals surface area contributed by atoms with Crippen molar-refractivity contribution in [2.75, 3.05) is 6.61 Å². The smallest absolute Gasteiger partial charge is 0.338 e. The number of carboxylic acid groups (broad SMARTS) is 1. The molecule has 0 spiro atoms. The summed E-state index contributed by atoms with van der Waals surface area (Å²) < 4.78 is 18.6. The third-order valence-electron chi connectivity index (χ3n) is 5.37. The minimum atomic E-state index is -1.15. The number of rotatable bonds is 9. The lowest BCUT2D eigenvalue weighted by molar-refractivity contribution is -0.142. The van der Waals surface area contributed by atoms with E-state index in [-0.39, 0.29) is 24.7 Å². The minimum Gasteiger partial charge on any atom is -0.491 e. The first-order valence-electron chi connectivity index (χ1n) is 11.5. The van der Waals surface area contributed by atoms with Gasteiger partial charge in [-0.3, -0.25) is 4.79 Å². The molecule has 1 N–H and O–H groups in total. The van der Waals surface area contributed by atoms with Crippen molar-refractivity contribution in [2.45, 2.75) is 33.3 Å². The molecule has 0 radical (unpaired) electrons. The van der Waals surface area contributed by atoms with Gasteiger partial charge in [0.1, 0.15) is 17.2 Å². The van der Waals surface area contributed by atoms with Crippen LogP contribution < -0.4 is 9.47 Å². The van der Waals surface area contributed by atoms with Crippen molar-refractivity contribution in [2.24, 2.45) is 0 Å². The van der Waals surface area contributed by atoms with Crippen LogP contribution >= 0.6 is 11.6 Å². The quantitative estimate of drug-likeness (QED) is 0.255. The molecule has 0 aliphatic heterocycles. The second-order valence-electron chi connectivity index (χ2n) is 8.34. The topological polar surface area (TPSA) is 87.0 Å². The lowest BCUT2D eigenvalue weighted by atomic mass is 10.1. The predicted octanol–water partition coefficient (Wildman–Crippen LogP) is 6.67. The summed E-state index contributed by atoms with van der Waals surface area (Å²) in [5.41, 5.74) is 1.62. The fraction of sp³-hybridized carbons (Fsp3) is 0.214. The van der Waals surface area contributed by atoms with Crippen molar-refractivity contribution in [3.8, 4) is 22.9 Å². The largest absolute Gasteiger partial charge is 0.491 e. The van der Waals surface area contributed by atoms with Gasteiger partial charge in [-0.25, -0.2) is 4.79 Å². The third kappa shape index (κ3) is 5.47. The fourth-order valence-corrected chi connectivity index (χ4v) is 4.23. The Kier molecular flexibility index (Phi) is 7.50. The zero-order valence-corrected chi connectivity index (χ0v) is 20.9. The zero-order valence-electron chi connectivity index (χ0n) is 20.2. The van der Waals surface area contributed by atoms with Crippen LogP contribution in [0, 0.1) is 0 Å². The summed E-state index contributed by atoms with van der Waals surface area (Å²) >= 11 is 6.06. The highest BCUT2D eigenvalue weighted by molar-refractivity contribution is 6.30. The van der Waals surface area contributed by atoms with Crippen molar-refractivity contribution in [3.05, 3.63) is 83.0 Å². The number of fused-ring (bicyclic) bond motifs is 1. The van der Waals surface area contributed by atoms with Gasteiger partial charge in [-0.15, -0.1) is 0 Å². The number of hydrogen-bond donors (Lipinski definition) is 1. The highest BCUT2D eigenvalue weighted by Gasteiger charge is 2.26.